The number of hydrogen-bond acceptors (Lipinski definition) is 7. The van der Waals surface area contributed by atoms with Gasteiger partial charge in [-0.2, -0.15) is 13.2 Å². The van der Waals surface area contributed by atoms with Crippen LogP contribution in [-0.4, -0.2) is 62.0 Å². The maximum absolute atomic E-state index is 13.9. The molecule has 0 aliphatic carbocycles. The van der Waals surface area contributed by atoms with Crippen molar-refractivity contribution in [1.29, 1.82) is 0 Å². The number of nitrogens with zero attached hydrogens (tertiary/aromatic N) is 1. The highest BCUT2D eigenvalue weighted by Crippen LogP contribution is 2.54. The van der Waals surface area contributed by atoms with Crippen LogP contribution in [0.25, 0.3) is 0 Å². The Kier molecular flexibility index (Phi) is 7.23. The summed E-state index contributed by atoms with van der Waals surface area (Å²) in [5, 5.41) is 10.0. The summed E-state index contributed by atoms with van der Waals surface area (Å²) >= 11 is 0. The van der Waals surface area contributed by atoms with E-state index in [0.717, 1.165) is 32.4 Å². The Morgan fingerprint density at radius 1 is 1.09 bits per heavy atom. The number of alkyl halides is 3. The van der Waals surface area contributed by atoms with E-state index in [2.05, 4.69) is 0 Å². The predicted octanol–water partition coefficient (Wildman–Crippen LogP) is 2.79. The van der Waals surface area contributed by atoms with Crippen LogP contribution in [0.4, 0.5) is 13.2 Å². The number of rotatable bonds is 6. The number of carbonyl (C=O) groups excluding carboxylic acids is 2. The van der Waals surface area contributed by atoms with Gasteiger partial charge in [-0.25, -0.2) is 4.79 Å². The Balaban J connectivity index is 3.12. The molecule has 1 aromatic rings. The summed E-state index contributed by atoms with van der Waals surface area (Å²) in [4.78, 5) is 40.0. The number of allylic oxidation sites excluding steroid dienone is 1. The second-order valence-corrected chi connectivity index (χ2v) is 7.24. The van der Waals surface area contributed by atoms with Crippen molar-refractivity contribution in [3.8, 4) is 0 Å². The molecule has 0 saturated heterocycles. The van der Waals surface area contributed by atoms with E-state index >= 15 is 0 Å². The van der Waals surface area contributed by atoms with Crippen LogP contribution in [0.5, 0.6) is 0 Å². The molecule has 2 atom stereocenters. The monoisotopic (exact) mass is 459 g/mol. The van der Waals surface area contributed by atoms with Crippen molar-refractivity contribution in [1.82, 2.24) is 4.90 Å². The average molecular weight is 459 g/mol. The second kappa shape index (κ2) is 9.19. The minimum atomic E-state index is -4.89. The number of benzene rings is 1. The smallest absolute Gasteiger partial charge is 0.416 e. The van der Waals surface area contributed by atoms with Crippen molar-refractivity contribution < 1.29 is 46.9 Å². The zero-order valence-corrected chi connectivity index (χ0v) is 18.1. The highest BCUT2D eigenvalue weighted by atomic mass is 19.4. The van der Waals surface area contributed by atoms with Gasteiger partial charge < -0.3 is 24.2 Å². The first kappa shape index (κ1) is 25.2. The first-order chi connectivity index (χ1) is 14.9. The van der Waals surface area contributed by atoms with Crippen LogP contribution >= 0.6 is 0 Å². The average Bonchev–Trinajstić information content (AvgIpc) is 2.74. The Morgan fingerprint density at radius 3 is 2.06 bits per heavy atom. The number of carbonyl (C=O) groups is 3. The molecule has 0 aromatic heterocycles. The molecule has 32 heavy (non-hydrogen) atoms. The third kappa shape index (κ3) is 3.81. The minimum absolute atomic E-state index is 0.0391. The first-order valence-electron chi connectivity index (χ1n) is 9.43. The molecule has 2 unspecified atom stereocenters. The maximum atomic E-state index is 13.9. The van der Waals surface area contributed by atoms with Crippen molar-refractivity contribution in [3.05, 3.63) is 46.7 Å². The molecular formula is C21H24F3NO7. The number of hydrogen-bond donors (Lipinski definition) is 1. The Bertz CT molecular complexity index is 926. The van der Waals surface area contributed by atoms with Crippen molar-refractivity contribution in [2.24, 2.45) is 5.41 Å². The van der Waals surface area contributed by atoms with Crippen LogP contribution < -0.4 is 0 Å². The van der Waals surface area contributed by atoms with E-state index in [-0.39, 0.29) is 12.4 Å². The molecule has 0 fully saturated rings. The molecular weight excluding hydrogens is 435 g/mol. The molecule has 1 aliphatic heterocycles. The van der Waals surface area contributed by atoms with Crippen LogP contribution in [0, 0.1) is 5.41 Å². The van der Waals surface area contributed by atoms with E-state index in [1.165, 1.54) is 31.9 Å². The quantitative estimate of drug-likeness (QED) is 0.512. The predicted molar refractivity (Wildman–Crippen MR) is 104 cm³/mol. The largest absolute Gasteiger partial charge is 0.478 e. The number of aliphatic carboxylic acids is 1. The lowest BCUT2D eigenvalue weighted by molar-refractivity contribution is -0.179. The molecule has 1 N–H and O–H groups in total. The number of methoxy groups -OCH3 is 3. The standard InChI is InChI=1S/C21H24F3NO7/c1-11-15(17(26)27)16(13-8-6-7-9-14(13)21(22,23)24)20(18(28)31-4,19(29)32-5)12(2)25(11)10-30-3/h6-9,12,16H,10H2,1-5H3,(H,26,27). The van der Waals surface area contributed by atoms with Gasteiger partial charge in [0.25, 0.3) is 0 Å². The van der Waals surface area contributed by atoms with Gasteiger partial charge in [0, 0.05) is 18.7 Å². The Labute approximate surface area is 182 Å². The van der Waals surface area contributed by atoms with Crippen molar-refractivity contribution in [2.45, 2.75) is 32.0 Å². The van der Waals surface area contributed by atoms with Crippen LogP contribution in [0.15, 0.2) is 35.5 Å². The minimum Gasteiger partial charge on any atom is -0.478 e. The molecule has 8 nitrogen and oxygen atoms in total. The zero-order valence-electron chi connectivity index (χ0n) is 18.1. The third-order valence-electron chi connectivity index (χ3n) is 5.81. The number of ether oxygens (including phenoxy) is 3. The molecule has 2 rings (SSSR count). The number of carboxylic acids is 1. The molecule has 0 saturated carbocycles. The second-order valence-electron chi connectivity index (χ2n) is 7.24. The maximum Gasteiger partial charge on any atom is 0.416 e. The lowest BCUT2D eigenvalue weighted by Crippen LogP contribution is -2.62. The summed E-state index contributed by atoms with van der Waals surface area (Å²) in [7, 11) is 3.22. The summed E-state index contributed by atoms with van der Waals surface area (Å²) in [6, 6.07) is 3.02. The van der Waals surface area contributed by atoms with E-state index in [1.54, 1.807) is 0 Å². The van der Waals surface area contributed by atoms with E-state index < -0.39 is 58.2 Å². The first-order valence-corrected chi connectivity index (χ1v) is 9.43. The lowest BCUT2D eigenvalue weighted by atomic mass is 9.60. The molecule has 1 aromatic carbocycles. The van der Waals surface area contributed by atoms with Gasteiger partial charge in [0.05, 0.1) is 31.4 Å². The van der Waals surface area contributed by atoms with Gasteiger partial charge in [0.1, 0.15) is 6.73 Å². The fourth-order valence-electron chi connectivity index (χ4n) is 4.40. The van der Waals surface area contributed by atoms with Crippen molar-refractivity contribution >= 4 is 17.9 Å². The van der Waals surface area contributed by atoms with Gasteiger partial charge in [0.2, 0.25) is 0 Å². The van der Waals surface area contributed by atoms with Gasteiger partial charge in [-0.15, -0.1) is 0 Å². The van der Waals surface area contributed by atoms with Crippen LogP contribution in [0.2, 0.25) is 0 Å². The normalized spacial score (nSPS) is 20.7. The van der Waals surface area contributed by atoms with Gasteiger partial charge in [-0.05, 0) is 25.5 Å². The highest BCUT2D eigenvalue weighted by Gasteiger charge is 2.65. The highest BCUT2D eigenvalue weighted by molar-refractivity contribution is 6.06. The molecule has 0 spiro atoms. The van der Waals surface area contributed by atoms with Crippen LogP contribution in [-0.2, 0) is 34.8 Å². The van der Waals surface area contributed by atoms with E-state index in [0.29, 0.717) is 0 Å². The summed E-state index contributed by atoms with van der Waals surface area (Å²) in [5.74, 6) is -5.92. The third-order valence-corrected chi connectivity index (χ3v) is 5.81. The molecule has 1 aliphatic rings. The zero-order chi connectivity index (χ0) is 24.4. The SMILES string of the molecule is COCN1C(C)=C(C(=O)O)C(c2ccccc2C(F)(F)F)C(C(=O)OC)(C(=O)OC)C1C. The van der Waals surface area contributed by atoms with Gasteiger partial charge in [-0.1, -0.05) is 18.2 Å². The molecule has 0 radical (unpaired) electrons. The van der Waals surface area contributed by atoms with Crippen LogP contribution in [0.1, 0.15) is 30.9 Å². The molecule has 0 bridgehead atoms. The van der Waals surface area contributed by atoms with E-state index in [1.807, 2.05) is 0 Å². The Morgan fingerprint density at radius 2 is 1.62 bits per heavy atom. The fraction of sp³-hybridized carbons (Fsp3) is 0.476. The number of halogens is 3. The molecule has 11 heteroatoms. The fourth-order valence-corrected chi connectivity index (χ4v) is 4.40. The Hall–Kier alpha value is -3.08. The van der Waals surface area contributed by atoms with Gasteiger partial charge in [-0.3, -0.25) is 9.59 Å². The summed E-state index contributed by atoms with van der Waals surface area (Å²) in [6.07, 6.45) is -4.89. The molecule has 1 heterocycles. The van der Waals surface area contributed by atoms with Crippen LogP contribution in [0.3, 0.4) is 0 Å². The number of carboxylic acid groups (broad SMARTS) is 1. The van der Waals surface area contributed by atoms with Gasteiger partial charge in [0.15, 0.2) is 5.41 Å². The van der Waals surface area contributed by atoms with Gasteiger partial charge >= 0.3 is 24.1 Å². The lowest BCUT2D eigenvalue weighted by Gasteiger charge is -2.50. The molecule has 176 valence electrons. The molecule has 0 amide bonds. The topological polar surface area (TPSA) is 102 Å². The number of esters is 2. The van der Waals surface area contributed by atoms with Crippen molar-refractivity contribution in [2.75, 3.05) is 28.1 Å². The van der Waals surface area contributed by atoms with Crippen molar-refractivity contribution in [3.63, 3.8) is 0 Å². The van der Waals surface area contributed by atoms with E-state index in [9.17, 15) is 32.7 Å². The van der Waals surface area contributed by atoms with E-state index in [4.69, 9.17) is 14.2 Å². The summed E-state index contributed by atoms with van der Waals surface area (Å²) in [5.41, 5.74) is -4.75. The summed E-state index contributed by atoms with van der Waals surface area (Å²) in [6.45, 7) is 2.53. The summed E-state index contributed by atoms with van der Waals surface area (Å²) < 4.78 is 56.5.